The predicted molar refractivity (Wildman–Crippen MR) is 143 cm³/mol. The number of nitrogens with one attached hydrogen (secondary N) is 1. The summed E-state index contributed by atoms with van der Waals surface area (Å²) in [5, 5.41) is 3.49. The van der Waals surface area contributed by atoms with Gasteiger partial charge in [-0.25, -0.2) is 9.97 Å². The second kappa shape index (κ2) is 12.0. The molecule has 0 aliphatic carbocycles. The third-order valence-corrected chi connectivity index (χ3v) is 5.39. The molecule has 0 radical (unpaired) electrons. The zero-order valence-corrected chi connectivity index (χ0v) is 21.1. The van der Waals surface area contributed by atoms with E-state index in [0.717, 1.165) is 46.8 Å². The number of pyridine rings is 1. The minimum atomic E-state index is 0.388. The van der Waals surface area contributed by atoms with Crippen molar-refractivity contribution < 1.29 is 9.47 Å². The molecule has 0 aliphatic rings. The summed E-state index contributed by atoms with van der Waals surface area (Å²) in [6.07, 6.45) is 7.18. The molecule has 0 saturated heterocycles. The molecule has 2 heterocycles. The van der Waals surface area contributed by atoms with Crippen molar-refractivity contribution in [2.45, 2.75) is 26.8 Å². The number of methoxy groups -OCH3 is 2. The van der Waals surface area contributed by atoms with Gasteiger partial charge in [-0.3, -0.25) is 4.98 Å². The van der Waals surface area contributed by atoms with Gasteiger partial charge in [-0.15, -0.1) is 0 Å². The Bertz CT molecular complexity index is 1220. The van der Waals surface area contributed by atoms with Crippen LogP contribution in [-0.4, -0.2) is 48.3 Å². The summed E-state index contributed by atoms with van der Waals surface area (Å²) in [6.45, 7) is 11.7. The Morgan fingerprint density at radius 3 is 2.54 bits per heavy atom. The first-order valence-corrected chi connectivity index (χ1v) is 11.5. The lowest BCUT2D eigenvalue weighted by molar-refractivity contribution is 0.286. The Morgan fingerprint density at radius 2 is 1.89 bits per heavy atom. The Hall–Kier alpha value is -3.91. The first-order valence-electron chi connectivity index (χ1n) is 11.5. The molecule has 35 heavy (non-hydrogen) atoms. The van der Waals surface area contributed by atoms with Gasteiger partial charge in [0.15, 0.2) is 0 Å². The van der Waals surface area contributed by atoms with Gasteiger partial charge in [0.1, 0.15) is 17.3 Å². The van der Waals surface area contributed by atoms with E-state index in [-0.39, 0.29) is 0 Å². The predicted octanol–water partition coefficient (Wildman–Crippen LogP) is 4.67. The molecule has 0 spiro atoms. The summed E-state index contributed by atoms with van der Waals surface area (Å²) in [7, 11) is 3.21. The van der Waals surface area contributed by atoms with Crippen molar-refractivity contribution in [2.75, 3.05) is 37.9 Å². The lowest BCUT2D eigenvalue weighted by Crippen LogP contribution is -2.34. The number of aromatic nitrogens is 3. The molecule has 0 bridgehead atoms. The summed E-state index contributed by atoms with van der Waals surface area (Å²) in [5.41, 5.74) is 10.9. The maximum atomic E-state index is 5.73. The minimum absolute atomic E-state index is 0.388. The van der Waals surface area contributed by atoms with Crippen LogP contribution in [-0.2, 0) is 9.47 Å². The minimum Gasteiger partial charge on any atom is -0.497 e. The second-order valence-corrected chi connectivity index (χ2v) is 8.37. The molecule has 0 atom stereocenters. The highest BCUT2D eigenvalue weighted by Crippen LogP contribution is 2.26. The van der Waals surface area contributed by atoms with Crippen LogP contribution < -0.4 is 16.0 Å². The first kappa shape index (κ1) is 25.7. The maximum absolute atomic E-state index is 5.73. The van der Waals surface area contributed by atoms with E-state index in [4.69, 9.17) is 20.2 Å². The molecular formula is C27H34N6O2. The normalized spacial score (nSPS) is 12.2. The molecule has 3 rings (SSSR count). The smallest absolute Gasteiger partial charge is 0.124 e. The quantitative estimate of drug-likeness (QED) is 0.306. The molecule has 1 aromatic carbocycles. The number of allylic oxidation sites excluding steroid dienone is 3. The van der Waals surface area contributed by atoms with Gasteiger partial charge in [0.05, 0.1) is 37.1 Å². The van der Waals surface area contributed by atoms with Gasteiger partial charge >= 0.3 is 0 Å². The van der Waals surface area contributed by atoms with E-state index in [2.05, 4.69) is 46.7 Å². The summed E-state index contributed by atoms with van der Waals surface area (Å²) in [6, 6.07) is 10.1. The number of ether oxygens (including phenoxy) is 2. The van der Waals surface area contributed by atoms with Crippen LogP contribution in [0.5, 0.6) is 0 Å². The highest BCUT2D eigenvalue weighted by molar-refractivity contribution is 5.81. The average Bonchev–Trinajstić information content (AvgIpc) is 2.85. The van der Waals surface area contributed by atoms with Gasteiger partial charge in [0.2, 0.25) is 0 Å². The van der Waals surface area contributed by atoms with E-state index < -0.39 is 0 Å². The number of benzene rings is 1. The lowest BCUT2D eigenvalue weighted by atomic mass is 10.2. The third-order valence-electron chi connectivity index (χ3n) is 5.39. The third kappa shape index (κ3) is 7.04. The number of hydrogen-bond acceptors (Lipinski definition) is 8. The molecule has 0 amide bonds. The Labute approximate surface area is 207 Å². The zero-order chi connectivity index (χ0) is 25.4. The highest BCUT2D eigenvalue weighted by Gasteiger charge is 2.13. The maximum Gasteiger partial charge on any atom is 0.124 e. The van der Waals surface area contributed by atoms with E-state index >= 15 is 0 Å². The number of rotatable bonds is 11. The summed E-state index contributed by atoms with van der Waals surface area (Å²) >= 11 is 0. The molecule has 3 N–H and O–H groups in total. The molecule has 0 unspecified atom stereocenters. The largest absolute Gasteiger partial charge is 0.497 e. The zero-order valence-electron chi connectivity index (χ0n) is 21.1. The van der Waals surface area contributed by atoms with E-state index in [1.807, 2.05) is 31.2 Å². The van der Waals surface area contributed by atoms with Gasteiger partial charge in [-0.05, 0) is 43.3 Å². The lowest BCUT2D eigenvalue weighted by Gasteiger charge is -2.27. The second-order valence-electron chi connectivity index (χ2n) is 8.37. The summed E-state index contributed by atoms with van der Waals surface area (Å²) in [4.78, 5) is 15.8. The van der Waals surface area contributed by atoms with Crippen LogP contribution >= 0.6 is 0 Å². The van der Waals surface area contributed by atoms with Gasteiger partial charge < -0.3 is 25.4 Å². The fraction of sp³-hybridized carbons (Fsp3) is 0.296. The highest BCUT2D eigenvalue weighted by atomic mass is 16.5. The number of nitrogen functional groups attached to an aromatic ring is 1. The van der Waals surface area contributed by atoms with Gasteiger partial charge in [-0.1, -0.05) is 20.4 Å². The standard InChI is InChI=1S/C27H34N6O2/c1-18(2)29-11-12-33(19(3)13-23(35-6)14-20(4)34-5)22-8-9-24-25(15-22)32-26(17-30-24)21-7-10-27(28)31-16-21/h7-10,13-18,29H,4,11-12H2,1-3,5-6H3,(H2,28,31)/b19-13+,23-14+. The molecule has 0 saturated carbocycles. The van der Waals surface area contributed by atoms with E-state index in [1.165, 1.54) is 0 Å². The van der Waals surface area contributed by atoms with Crippen LogP contribution in [0.1, 0.15) is 20.8 Å². The van der Waals surface area contributed by atoms with E-state index in [0.29, 0.717) is 23.4 Å². The van der Waals surface area contributed by atoms with Gasteiger partial charge in [-0.2, -0.15) is 0 Å². The van der Waals surface area contributed by atoms with E-state index in [9.17, 15) is 0 Å². The van der Waals surface area contributed by atoms with Crippen molar-refractivity contribution in [3.63, 3.8) is 0 Å². The Balaban J connectivity index is 2.00. The fourth-order valence-electron chi connectivity index (χ4n) is 3.50. The molecule has 0 fully saturated rings. The number of anilines is 2. The van der Waals surface area contributed by atoms with Gasteiger partial charge in [0, 0.05) is 48.4 Å². The van der Waals surface area contributed by atoms with E-state index in [1.54, 1.807) is 38.8 Å². The Morgan fingerprint density at radius 1 is 1.09 bits per heavy atom. The first-order chi connectivity index (χ1) is 16.8. The SMILES string of the molecule is C=C(/C=C(\C=C(/C)N(CCNC(C)C)c1ccc2ncc(-c3ccc(N)nc3)nc2c1)OC)OC. The van der Waals surface area contributed by atoms with Crippen LogP contribution in [0.2, 0.25) is 0 Å². The number of nitrogens with zero attached hydrogens (tertiary/aromatic N) is 4. The van der Waals surface area contributed by atoms with Crippen molar-refractivity contribution in [3.05, 3.63) is 78.7 Å². The van der Waals surface area contributed by atoms with Crippen LogP contribution in [0.3, 0.4) is 0 Å². The van der Waals surface area contributed by atoms with Crippen LogP contribution in [0.25, 0.3) is 22.3 Å². The van der Waals surface area contributed by atoms with Crippen molar-refractivity contribution >= 4 is 22.5 Å². The van der Waals surface area contributed by atoms with Crippen molar-refractivity contribution in [3.8, 4) is 11.3 Å². The molecule has 2 aromatic heterocycles. The monoisotopic (exact) mass is 474 g/mol. The van der Waals surface area contributed by atoms with Crippen molar-refractivity contribution in [2.24, 2.45) is 0 Å². The van der Waals surface area contributed by atoms with Crippen LogP contribution in [0.15, 0.2) is 78.7 Å². The molecule has 8 nitrogen and oxygen atoms in total. The average molecular weight is 475 g/mol. The molecule has 184 valence electrons. The topological polar surface area (TPSA) is 98.4 Å². The summed E-state index contributed by atoms with van der Waals surface area (Å²) in [5.74, 6) is 1.63. The Kier molecular flexibility index (Phi) is 8.80. The molecule has 0 aliphatic heterocycles. The van der Waals surface area contributed by atoms with Crippen molar-refractivity contribution in [1.82, 2.24) is 20.3 Å². The van der Waals surface area contributed by atoms with Crippen LogP contribution in [0.4, 0.5) is 11.5 Å². The molecule has 3 aromatic rings. The van der Waals surface area contributed by atoms with Gasteiger partial charge in [0.25, 0.3) is 0 Å². The number of fused-ring (bicyclic) bond motifs is 1. The fourth-order valence-corrected chi connectivity index (χ4v) is 3.50. The summed E-state index contributed by atoms with van der Waals surface area (Å²) < 4.78 is 10.7. The van der Waals surface area contributed by atoms with Crippen LogP contribution in [0, 0.1) is 0 Å². The molecular weight excluding hydrogens is 440 g/mol. The van der Waals surface area contributed by atoms with Crippen molar-refractivity contribution in [1.29, 1.82) is 0 Å². The molecule has 8 heteroatoms. The number of nitrogens with two attached hydrogens (primary N) is 1. The number of hydrogen-bond donors (Lipinski definition) is 2.